The number of anilines is 1. The van der Waals surface area contributed by atoms with Gasteiger partial charge in [-0.2, -0.15) is 0 Å². The van der Waals surface area contributed by atoms with Gasteiger partial charge in [0.25, 0.3) is 10.0 Å². The van der Waals surface area contributed by atoms with Crippen LogP contribution in [0.2, 0.25) is 0 Å². The summed E-state index contributed by atoms with van der Waals surface area (Å²) in [5.41, 5.74) is 3.00. The average molecular weight is 568 g/mol. The lowest BCUT2D eigenvalue weighted by Gasteiger charge is -2.41. The lowest BCUT2D eigenvalue weighted by Crippen LogP contribution is -2.38. The van der Waals surface area contributed by atoms with Crippen LogP contribution >= 0.6 is 11.8 Å². The molecule has 0 saturated carbocycles. The van der Waals surface area contributed by atoms with Crippen molar-refractivity contribution in [1.29, 1.82) is 0 Å². The zero-order valence-corrected chi connectivity index (χ0v) is 23.0. The van der Waals surface area contributed by atoms with Crippen LogP contribution in [0.25, 0.3) is 0 Å². The molecule has 1 aliphatic heterocycles. The van der Waals surface area contributed by atoms with Crippen molar-refractivity contribution in [2.45, 2.75) is 42.1 Å². The summed E-state index contributed by atoms with van der Waals surface area (Å²) in [6.07, 6.45) is -1.13. The number of tetrazole rings is 1. The zero-order valence-electron chi connectivity index (χ0n) is 21.4. The Labute approximate surface area is 231 Å². The minimum atomic E-state index is -3.70. The molecule has 0 amide bonds. The van der Waals surface area contributed by atoms with E-state index in [2.05, 4.69) is 27.2 Å². The van der Waals surface area contributed by atoms with Gasteiger partial charge in [-0.3, -0.25) is 4.72 Å². The largest absolute Gasteiger partial charge is 0.392 e. The number of nitrogens with one attached hydrogen (secondary N) is 1. The lowest BCUT2D eigenvalue weighted by atomic mass is 9.91. The summed E-state index contributed by atoms with van der Waals surface area (Å²) in [6.45, 7) is 2.06. The predicted molar refractivity (Wildman–Crippen MR) is 146 cm³/mol. The summed E-state index contributed by atoms with van der Waals surface area (Å²) in [5, 5.41) is 21.8. The van der Waals surface area contributed by atoms with E-state index in [1.807, 2.05) is 24.3 Å². The zero-order chi connectivity index (χ0) is 27.4. The van der Waals surface area contributed by atoms with Gasteiger partial charge in [-0.1, -0.05) is 73.3 Å². The van der Waals surface area contributed by atoms with E-state index < -0.39 is 16.3 Å². The quantitative estimate of drug-likeness (QED) is 0.287. The number of sulfonamides is 1. The first kappa shape index (κ1) is 27.3. The summed E-state index contributed by atoms with van der Waals surface area (Å²) < 4.78 is 42.6. The second-order valence-corrected chi connectivity index (χ2v) is 11.9. The van der Waals surface area contributed by atoms with Crippen molar-refractivity contribution in [3.8, 4) is 0 Å². The first-order valence-electron chi connectivity index (χ1n) is 12.4. The van der Waals surface area contributed by atoms with Gasteiger partial charge >= 0.3 is 0 Å². The van der Waals surface area contributed by atoms with Crippen LogP contribution in [0.3, 0.4) is 0 Å². The summed E-state index contributed by atoms with van der Waals surface area (Å²) in [6, 6.07) is 22.9. The normalized spacial score (nSPS) is 21.5. The number of nitrogens with zero attached hydrogens (tertiary/aromatic N) is 4. The standard InChI is InChI=1S/C27H29N5O5S2/c1-18-24(17-38-27-28-30-31-32(27)2)36-26(37-25(18)20-10-8-19(16-33)9-11-20)21-12-14-22(15-13-21)29-39(34,35)23-6-4-3-5-7-23/h3-15,18,24-26,29,33H,16-17H2,1-2H3/t18-,24+,25+,26+/m1/s1. The fourth-order valence-corrected chi connectivity index (χ4v) is 6.42. The molecule has 12 heteroatoms. The van der Waals surface area contributed by atoms with Crippen LogP contribution in [0.4, 0.5) is 5.69 Å². The highest BCUT2D eigenvalue weighted by Crippen LogP contribution is 2.43. The van der Waals surface area contributed by atoms with E-state index in [-0.39, 0.29) is 29.6 Å². The maximum Gasteiger partial charge on any atom is 0.261 e. The number of hydrogen-bond donors (Lipinski definition) is 2. The van der Waals surface area contributed by atoms with Crippen LogP contribution in [0.1, 0.15) is 36.0 Å². The van der Waals surface area contributed by atoms with Gasteiger partial charge in [0.15, 0.2) is 6.29 Å². The fraction of sp³-hybridized carbons (Fsp3) is 0.296. The highest BCUT2D eigenvalue weighted by Gasteiger charge is 2.38. The molecule has 1 aromatic heterocycles. The molecular formula is C27H29N5O5S2. The SMILES string of the molecule is C[C@@H]1[C@H](CSc2nnnn2C)O[C@H](c2ccc(NS(=O)(=O)c3ccccc3)cc2)O[C@@H]1c1ccc(CO)cc1. The number of thioether (sulfide) groups is 1. The molecule has 0 spiro atoms. The summed E-state index contributed by atoms with van der Waals surface area (Å²) >= 11 is 1.51. The van der Waals surface area contributed by atoms with Gasteiger partial charge in [-0.25, -0.2) is 13.1 Å². The average Bonchev–Trinajstić information content (AvgIpc) is 3.37. The van der Waals surface area contributed by atoms with Crippen molar-refractivity contribution in [2.75, 3.05) is 10.5 Å². The Morgan fingerprint density at radius 2 is 1.67 bits per heavy atom. The molecule has 1 fully saturated rings. The molecule has 1 saturated heterocycles. The van der Waals surface area contributed by atoms with Gasteiger partial charge in [-0.15, -0.1) is 5.10 Å². The number of hydrogen-bond acceptors (Lipinski definition) is 9. The van der Waals surface area contributed by atoms with Gasteiger partial charge in [0.2, 0.25) is 5.16 Å². The second kappa shape index (κ2) is 11.8. The Balaban J connectivity index is 1.36. The maximum absolute atomic E-state index is 12.7. The molecule has 3 aromatic carbocycles. The van der Waals surface area contributed by atoms with Crippen molar-refractivity contribution < 1.29 is 23.0 Å². The Kier molecular flexibility index (Phi) is 8.29. The van der Waals surface area contributed by atoms with Crippen LogP contribution in [0.15, 0.2) is 88.9 Å². The number of rotatable bonds is 9. The molecule has 10 nitrogen and oxygen atoms in total. The van der Waals surface area contributed by atoms with Crippen molar-refractivity contribution in [2.24, 2.45) is 13.0 Å². The van der Waals surface area contributed by atoms with E-state index in [9.17, 15) is 13.5 Å². The number of aryl methyl sites for hydroxylation is 1. The Bertz CT molecular complexity index is 1480. The van der Waals surface area contributed by atoms with Crippen LogP contribution in [0, 0.1) is 5.92 Å². The van der Waals surface area contributed by atoms with Gasteiger partial charge in [0.05, 0.1) is 23.7 Å². The Hall–Kier alpha value is -3.29. The molecule has 4 aromatic rings. The number of ether oxygens (including phenoxy) is 2. The van der Waals surface area contributed by atoms with Crippen molar-refractivity contribution in [3.05, 3.63) is 95.6 Å². The Morgan fingerprint density at radius 1 is 0.974 bits per heavy atom. The number of aromatic nitrogens is 4. The first-order valence-corrected chi connectivity index (χ1v) is 14.8. The first-order chi connectivity index (χ1) is 18.8. The lowest BCUT2D eigenvalue weighted by molar-refractivity contribution is -0.268. The van der Waals surface area contributed by atoms with Crippen molar-refractivity contribution >= 4 is 27.5 Å². The van der Waals surface area contributed by atoms with E-state index >= 15 is 0 Å². The van der Waals surface area contributed by atoms with Crippen LogP contribution in [-0.4, -0.2) is 45.6 Å². The number of aliphatic hydroxyl groups is 1. The molecular weight excluding hydrogens is 538 g/mol. The molecule has 204 valence electrons. The molecule has 5 rings (SSSR count). The monoisotopic (exact) mass is 567 g/mol. The van der Waals surface area contributed by atoms with Gasteiger partial charge in [0.1, 0.15) is 0 Å². The van der Waals surface area contributed by atoms with Crippen molar-refractivity contribution in [3.63, 3.8) is 0 Å². The molecule has 2 heterocycles. The van der Waals surface area contributed by atoms with Gasteiger partial charge in [-0.05, 0) is 45.8 Å². The second-order valence-electron chi connectivity index (χ2n) is 9.26. The number of benzene rings is 3. The topological polar surface area (TPSA) is 128 Å². The van der Waals surface area contributed by atoms with Crippen LogP contribution in [-0.2, 0) is 33.2 Å². The van der Waals surface area contributed by atoms with Gasteiger partial charge in [0, 0.05) is 30.0 Å². The predicted octanol–water partition coefficient (Wildman–Crippen LogP) is 4.09. The molecule has 0 unspecified atom stereocenters. The Morgan fingerprint density at radius 3 is 2.31 bits per heavy atom. The fourth-order valence-electron chi connectivity index (χ4n) is 4.33. The highest BCUT2D eigenvalue weighted by atomic mass is 32.2. The molecule has 0 aliphatic carbocycles. The third-order valence-electron chi connectivity index (χ3n) is 6.57. The van der Waals surface area contributed by atoms with Crippen LogP contribution < -0.4 is 4.72 Å². The molecule has 0 bridgehead atoms. The molecule has 2 N–H and O–H groups in total. The van der Waals surface area contributed by atoms with E-state index in [1.165, 1.54) is 11.8 Å². The third kappa shape index (κ3) is 6.31. The minimum absolute atomic E-state index is 0.00636. The maximum atomic E-state index is 12.7. The molecule has 0 radical (unpaired) electrons. The third-order valence-corrected chi connectivity index (χ3v) is 9.07. The van der Waals surface area contributed by atoms with Crippen molar-refractivity contribution in [1.82, 2.24) is 20.2 Å². The van der Waals surface area contributed by atoms with E-state index in [1.54, 1.807) is 66.3 Å². The number of aliphatic hydroxyl groups excluding tert-OH is 1. The summed E-state index contributed by atoms with van der Waals surface area (Å²) in [4.78, 5) is 0.190. The summed E-state index contributed by atoms with van der Waals surface area (Å²) in [7, 11) is -1.91. The van der Waals surface area contributed by atoms with E-state index in [0.29, 0.717) is 16.6 Å². The van der Waals surface area contributed by atoms with Crippen LogP contribution in [0.5, 0.6) is 0 Å². The molecule has 4 atom stereocenters. The summed E-state index contributed by atoms with van der Waals surface area (Å²) in [5.74, 6) is 0.613. The minimum Gasteiger partial charge on any atom is -0.392 e. The van der Waals surface area contributed by atoms with E-state index in [4.69, 9.17) is 9.47 Å². The molecule has 1 aliphatic rings. The van der Waals surface area contributed by atoms with Gasteiger partial charge < -0.3 is 14.6 Å². The highest BCUT2D eigenvalue weighted by molar-refractivity contribution is 7.99. The van der Waals surface area contributed by atoms with E-state index in [0.717, 1.165) is 16.7 Å². The molecule has 39 heavy (non-hydrogen) atoms. The smallest absolute Gasteiger partial charge is 0.261 e.